The van der Waals surface area contributed by atoms with Gasteiger partial charge < -0.3 is 9.80 Å². The summed E-state index contributed by atoms with van der Waals surface area (Å²) in [6.45, 7) is 0. The van der Waals surface area contributed by atoms with Gasteiger partial charge >= 0.3 is 0 Å². The van der Waals surface area contributed by atoms with E-state index in [1.54, 1.807) is 0 Å². The van der Waals surface area contributed by atoms with Crippen LogP contribution < -0.4 is 9.80 Å². The van der Waals surface area contributed by atoms with E-state index in [0.717, 1.165) is 89.4 Å². The second-order valence-corrected chi connectivity index (χ2v) is 22.4. The quantitative estimate of drug-likeness (QED) is 0.0791. The maximum absolute atomic E-state index is 2.50. The third-order valence-corrected chi connectivity index (χ3v) is 17.0. The molecule has 0 aliphatic rings. The van der Waals surface area contributed by atoms with Crippen molar-refractivity contribution in [3.8, 4) is 89.0 Å². The maximum Gasteiger partial charge on any atom is 0.0788 e. The zero-order valence-electron chi connectivity index (χ0n) is 48.5. The van der Waals surface area contributed by atoms with Crippen LogP contribution in [-0.2, 0) is 0 Å². The Hall–Kier alpha value is -11.6. The van der Waals surface area contributed by atoms with Gasteiger partial charge in [-0.2, -0.15) is 0 Å². The van der Waals surface area contributed by atoms with Crippen molar-refractivity contribution in [1.82, 2.24) is 0 Å². The fourth-order valence-electron chi connectivity index (χ4n) is 12.6. The van der Waals surface area contributed by atoms with Crippen LogP contribution in [0.1, 0.15) is 0 Å². The summed E-state index contributed by atoms with van der Waals surface area (Å²) in [6.07, 6.45) is 0. The van der Waals surface area contributed by atoms with Gasteiger partial charge in [0.15, 0.2) is 0 Å². The van der Waals surface area contributed by atoms with Crippen LogP contribution in [0.15, 0.2) is 364 Å². The summed E-state index contributed by atoms with van der Waals surface area (Å²) in [5, 5.41) is 4.61. The van der Waals surface area contributed by atoms with Crippen LogP contribution in [0.25, 0.3) is 111 Å². The molecule has 0 fully saturated rings. The highest BCUT2D eigenvalue weighted by Crippen LogP contribution is 2.54. The fourth-order valence-corrected chi connectivity index (χ4v) is 12.6. The molecule has 0 aliphatic carbocycles. The number of nitrogens with zero attached hydrogens (tertiary/aromatic N) is 2. The Morgan fingerprint density at radius 2 is 0.295 bits per heavy atom. The molecular formula is C86H60N2. The molecule has 0 saturated carbocycles. The molecule has 0 spiro atoms. The highest BCUT2D eigenvalue weighted by atomic mass is 15.2. The minimum atomic E-state index is 1.03. The summed E-state index contributed by atoms with van der Waals surface area (Å²) < 4.78 is 0. The molecule has 0 bridgehead atoms. The van der Waals surface area contributed by atoms with Gasteiger partial charge in [-0.15, -0.1) is 0 Å². The van der Waals surface area contributed by atoms with E-state index >= 15 is 0 Å². The average molecular weight is 1120 g/mol. The van der Waals surface area contributed by atoms with Gasteiger partial charge in [0.05, 0.1) is 11.4 Å². The number of anilines is 6. The maximum atomic E-state index is 2.50. The first-order chi connectivity index (χ1) is 43.6. The molecule has 0 amide bonds. The molecule has 15 rings (SSSR count). The van der Waals surface area contributed by atoms with E-state index in [1.165, 1.54) is 55.3 Å². The minimum absolute atomic E-state index is 1.03. The predicted octanol–water partition coefficient (Wildman–Crippen LogP) is 24.3. The van der Waals surface area contributed by atoms with E-state index in [-0.39, 0.29) is 0 Å². The van der Waals surface area contributed by atoms with Crippen LogP contribution in [0.5, 0.6) is 0 Å². The lowest BCUT2D eigenvalue weighted by atomic mass is 9.94. The smallest absolute Gasteiger partial charge is 0.0788 e. The summed E-state index contributed by atoms with van der Waals surface area (Å²) >= 11 is 0. The molecule has 2 nitrogen and oxygen atoms in total. The summed E-state index contributed by atoms with van der Waals surface area (Å²) in [5.74, 6) is 0. The molecule has 0 unspecified atom stereocenters. The molecule has 0 aliphatic heterocycles. The van der Waals surface area contributed by atoms with Crippen LogP contribution >= 0.6 is 0 Å². The van der Waals surface area contributed by atoms with E-state index < -0.39 is 0 Å². The van der Waals surface area contributed by atoms with E-state index in [1.807, 2.05) is 0 Å². The largest absolute Gasteiger partial charge is 0.308 e. The van der Waals surface area contributed by atoms with Crippen molar-refractivity contribution in [3.05, 3.63) is 364 Å². The summed E-state index contributed by atoms with van der Waals surface area (Å²) in [7, 11) is 0. The first-order valence-electron chi connectivity index (χ1n) is 30.2. The molecule has 88 heavy (non-hydrogen) atoms. The van der Waals surface area contributed by atoms with Crippen molar-refractivity contribution in [3.63, 3.8) is 0 Å². The van der Waals surface area contributed by atoms with Crippen molar-refractivity contribution in [2.45, 2.75) is 0 Å². The standard InChI is InChI=1S/C86H60N2/c1-5-21-61(22-6-1)69-29-17-33-73(57-69)65-41-49-77(50-42-65)87(78-51-43-66(44-52-78)74-34-18-30-70(58-74)62-23-7-2-8-24-62)85-83-39-15-13-37-81(83)82-38-14-16-40-84(82)86(85)88(79-53-45-67(46-54-79)75-35-19-31-71(59-75)63-25-9-3-10-26-63)80-55-47-68(48-56-80)76-36-20-32-72(60-76)64-27-11-4-12-28-64/h1-60H. The first kappa shape index (κ1) is 53.2. The van der Waals surface area contributed by atoms with Crippen LogP contribution in [0.2, 0.25) is 0 Å². The van der Waals surface area contributed by atoms with Crippen LogP contribution in [0, 0.1) is 0 Å². The molecule has 2 heteroatoms. The molecular weight excluding hydrogens is 1060 g/mol. The molecule has 0 aromatic heterocycles. The van der Waals surface area contributed by atoms with Crippen molar-refractivity contribution in [2.75, 3.05) is 9.80 Å². The van der Waals surface area contributed by atoms with Gasteiger partial charge in [0, 0.05) is 33.5 Å². The Labute approximate surface area is 515 Å². The SMILES string of the molecule is c1ccc(-c2cccc(-c3ccc(N(c4ccc(-c5cccc(-c6ccccc6)c5)cc4)c4c(N(c5ccc(-c6cccc(-c7ccccc7)c6)cc5)c5ccc(-c6cccc(-c7ccccc7)c6)cc5)c5ccccc5c5ccccc45)cc3)c2)cc1. The second-order valence-electron chi connectivity index (χ2n) is 22.4. The molecule has 414 valence electrons. The first-order valence-corrected chi connectivity index (χ1v) is 30.2. The normalized spacial score (nSPS) is 11.2. The number of benzene rings is 15. The zero-order valence-corrected chi connectivity index (χ0v) is 48.5. The molecule has 15 aromatic carbocycles. The van der Waals surface area contributed by atoms with Crippen LogP contribution in [-0.4, -0.2) is 0 Å². The Morgan fingerprint density at radius 1 is 0.125 bits per heavy atom. The van der Waals surface area contributed by atoms with Gasteiger partial charge in [-0.3, -0.25) is 0 Å². The summed E-state index contributed by atoms with van der Waals surface area (Å²) in [4.78, 5) is 5.00. The van der Waals surface area contributed by atoms with E-state index in [2.05, 4.69) is 374 Å². The highest BCUT2D eigenvalue weighted by molar-refractivity contribution is 6.23. The second kappa shape index (κ2) is 23.8. The fraction of sp³-hybridized carbons (Fsp3) is 0. The Bertz CT molecular complexity index is 4340. The van der Waals surface area contributed by atoms with Gasteiger partial charge in [0.1, 0.15) is 0 Å². The molecule has 15 aromatic rings. The number of fused-ring (bicyclic) bond motifs is 3. The molecule has 0 N–H and O–H groups in total. The number of rotatable bonds is 14. The van der Waals surface area contributed by atoms with Gasteiger partial charge in [-0.25, -0.2) is 0 Å². The third-order valence-electron chi connectivity index (χ3n) is 17.0. The molecule has 0 radical (unpaired) electrons. The summed E-state index contributed by atoms with van der Waals surface area (Å²) in [6, 6.07) is 133. The monoisotopic (exact) mass is 1120 g/mol. The molecule has 0 atom stereocenters. The predicted molar refractivity (Wildman–Crippen MR) is 374 cm³/mol. The van der Waals surface area contributed by atoms with Gasteiger partial charge in [0.2, 0.25) is 0 Å². The molecule has 0 heterocycles. The topological polar surface area (TPSA) is 6.48 Å². The van der Waals surface area contributed by atoms with Gasteiger partial charge in [-0.05, 0) is 173 Å². The minimum Gasteiger partial charge on any atom is -0.308 e. The highest BCUT2D eigenvalue weighted by Gasteiger charge is 2.28. The number of hydrogen-bond donors (Lipinski definition) is 0. The van der Waals surface area contributed by atoms with E-state index in [9.17, 15) is 0 Å². The lowest BCUT2D eigenvalue weighted by Crippen LogP contribution is -2.18. The Balaban J connectivity index is 0.940. The lowest BCUT2D eigenvalue weighted by molar-refractivity contribution is 1.25. The van der Waals surface area contributed by atoms with E-state index in [0.29, 0.717) is 0 Å². The summed E-state index contributed by atoms with van der Waals surface area (Å²) in [5.41, 5.74) is 25.0. The lowest BCUT2D eigenvalue weighted by Gasteiger charge is -2.35. The van der Waals surface area contributed by atoms with Gasteiger partial charge in [0.25, 0.3) is 0 Å². The number of hydrogen-bond acceptors (Lipinski definition) is 2. The van der Waals surface area contributed by atoms with Crippen molar-refractivity contribution in [1.29, 1.82) is 0 Å². The average Bonchev–Trinajstić information content (AvgIpc) is 1.13. The van der Waals surface area contributed by atoms with Crippen molar-refractivity contribution < 1.29 is 0 Å². The molecule has 0 saturated heterocycles. The van der Waals surface area contributed by atoms with Crippen molar-refractivity contribution in [2.24, 2.45) is 0 Å². The van der Waals surface area contributed by atoms with E-state index in [4.69, 9.17) is 0 Å². The Morgan fingerprint density at radius 3 is 0.511 bits per heavy atom. The zero-order chi connectivity index (χ0) is 58.6. The Kier molecular flexibility index (Phi) is 14.4. The third kappa shape index (κ3) is 10.6. The van der Waals surface area contributed by atoms with Crippen LogP contribution in [0.3, 0.4) is 0 Å². The van der Waals surface area contributed by atoms with Gasteiger partial charge in [-0.1, -0.05) is 291 Å². The van der Waals surface area contributed by atoms with Crippen LogP contribution in [0.4, 0.5) is 34.1 Å². The van der Waals surface area contributed by atoms with Crippen molar-refractivity contribution >= 4 is 55.7 Å².